The minimum absolute atomic E-state index is 0.225. The second-order valence-electron chi connectivity index (χ2n) is 5.93. The minimum Gasteiger partial charge on any atom is -0.497 e. The molecule has 140 valence electrons. The van der Waals surface area contributed by atoms with Crippen molar-refractivity contribution < 1.29 is 14.3 Å². The molecule has 0 bridgehead atoms. The number of anilines is 1. The molecule has 1 N–H and O–H groups in total. The van der Waals surface area contributed by atoms with E-state index in [1.807, 2.05) is 47.8 Å². The third kappa shape index (κ3) is 3.39. The van der Waals surface area contributed by atoms with Crippen LogP contribution in [0.5, 0.6) is 11.5 Å². The number of carbonyl (C=O) groups excluding carboxylic acids is 1. The molecule has 0 aliphatic rings. The van der Waals surface area contributed by atoms with Crippen LogP contribution in [0.3, 0.4) is 0 Å². The molecule has 2 aromatic carbocycles. The summed E-state index contributed by atoms with van der Waals surface area (Å²) in [5.41, 5.74) is 2.83. The van der Waals surface area contributed by atoms with E-state index >= 15 is 0 Å². The highest BCUT2D eigenvalue weighted by molar-refractivity contribution is 7.14. The van der Waals surface area contributed by atoms with E-state index in [0.29, 0.717) is 27.9 Å². The lowest BCUT2D eigenvalue weighted by molar-refractivity contribution is 0.102. The molecule has 4 aromatic rings. The van der Waals surface area contributed by atoms with E-state index in [4.69, 9.17) is 9.47 Å². The van der Waals surface area contributed by atoms with Crippen LogP contribution in [0.4, 0.5) is 5.13 Å². The van der Waals surface area contributed by atoms with Gasteiger partial charge in [-0.05, 0) is 36.4 Å². The number of nitrogens with zero attached hydrogens (tertiary/aromatic N) is 2. The second-order valence-corrected chi connectivity index (χ2v) is 6.79. The van der Waals surface area contributed by atoms with Gasteiger partial charge in [-0.1, -0.05) is 12.1 Å². The summed E-state index contributed by atoms with van der Waals surface area (Å²) in [5, 5.41) is 6.05. The van der Waals surface area contributed by atoms with E-state index in [1.54, 1.807) is 26.5 Å². The van der Waals surface area contributed by atoms with Crippen molar-refractivity contribution in [2.75, 3.05) is 19.5 Å². The molecule has 0 spiro atoms. The van der Waals surface area contributed by atoms with Crippen molar-refractivity contribution >= 4 is 33.3 Å². The molecule has 0 unspecified atom stereocenters. The van der Waals surface area contributed by atoms with Crippen molar-refractivity contribution in [3.05, 3.63) is 65.7 Å². The van der Waals surface area contributed by atoms with E-state index in [9.17, 15) is 4.79 Å². The fraction of sp³-hybridized carbons (Fsp3) is 0.0952. The number of fused-ring (bicyclic) bond motifs is 1. The Morgan fingerprint density at radius 1 is 1.07 bits per heavy atom. The molecule has 0 saturated heterocycles. The smallest absolute Gasteiger partial charge is 0.258 e. The zero-order valence-corrected chi connectivity index (χ0v) is 16.1. The third-order valence-corrected chi connectivity index (χ3v) is 5.06. The molecule has 0 atom stereocenters. The first kappa shape index (κ1) is 17.9. The van der Waals surface area contributed by atoms with Gasteiger partial charge in [0.1, 0.15) is 11.5 Å². The van der Waals surface area contributed by atoms with Gasteiger partial charge < -0.3 is 9.47 Å². The summed E-state index contributed by atoms with van der Waals surface area (Å²) in [6.45, 7) is 0. The Balaban J connectivity index is 1.63. The molecule has 0 fully saturated rings. The quantitative estimate of drug-likeness (QED) is 0.537. The third-order valence-electron chi connectivity index (χ3n) is 4.30. The van der Waals surface area contributed by atoms with Crippen LogP contribution in [0, 0.1) is 0 Å². The number of nitrogens with one attached hydrogen (secondary N) is 1. The number of aromatic nitrogens is 2. The predicted octanol–water partition coefficient (Wildman–Crippen LogP) is 4.63. The molecule has 2 aromatic heterocycles. The number of hydrogen-bond acceptors (Lipinski definition) is 6. The zero-order valence-electron chi connectivity index (χ0n) is 15.3. The van der Waals surface area contributed by atoms with E-state index < -0.39 is 0 Å². The Morgan fingerprint density at radius 2 is 1.96 bits per heavy atom. The van der Waals surface area contributed by atoms with Gasteiger partial charge in [0, 0.05) is 28.1 Å². The van der Waals surface area contributed by atoms with Crippen LogP contribution in [-0.2, 0) is 0 Å². The molecule has 7 heteroatoms. The largest absolute Gasteiger partial charge is 0.497 e. The van der Waals surface area contributed by atoms with Gasteiger partial charge in [-0.15, -0.1) is 11.3 Å². The van der Waals surface area contributed by atoms with Crippen molar-refractivity contribution in [3.8, 4) is 22.8 Å². The van der Waals surface area contributed by atoms with Gasteiger partial charge in [0.05, 0.1) is 25.4 Å². The Hall–Kier alpha value is -3.45. The number of benzene rings is 2. The fourth-order valence-corrected chi connectivity index (χ4v) is 3.64. The Kier molecular flexibility index (Phi) is 4.90. The Bertz CT molecular complexity index is 1150. The maximum atomic E-state index is 12.8. The first-order valence-electron chi connectivity index (χ1n) is 8.52. The normalized spacial score (nSPS) is 10.6. The molecule has 6 nitrogen and oxygen atoms in total. The Morgan fingerprint density at radius 3 is 2.79 bits per heavy atom. The average Bonchev–Trinajstić information content (AvgIpc) is 3.21. The van der Waals surface area contributed by atoms with Crippen LogP contribution in [0.1, 0.15) is 10.4 Å². The van der Waals surface area contributed by atoms with Crippen molar-refractivity contribution in [2.24, 2.45) is 0 Å². The summed E-state index contributed by atoms with van der Waals surface area (Å²) in [6, 6.07) is 14.7. The van der Waals surface area contributed by atoms with Crippen LogP contribution >= 0.6 is 11.3 Å². The van der Waals surface area contributed by atoms with E-state index in [2.05, 4.69) is 15.3 Å². The van der Waals surface area contributed by atoms with Crippen LogP contribution in [0.25, 0.3) is 22.2 Å². The predicted molar refractivity (Wildman–Crippen MR) is 110 cm³/mol. The molecule has 0 radical (unpaired) electrons. The van der Waals surface area contributed by atoms with Gasteiger partial charge in [0.15, 0.2) is 5.13 Å². The van der Waals surface area contributed by atoms with Gasteiger partial charge in [-0.3, -0.25) is 15.1 Å². The first-order valence-corrected chi connectivity index (χ1v) is 9.40. The first-order chi connectivity index (χ1) is 13.7. The molecule has 4 rings (SSSR count). The number of carbonyl (C=O) groups is 1. The van der Waals surface area contributed by atoms with Crippen molar-refractivity contribution in [2.45, 2.75) is 0 Å². The summed E-state index contributed by atoms with van der Waals surface area (Å²) in [6.07, 6.45) is 1.71. The van der Waals surface area contributed by atoms with Gasteiger partial charge in [-0.2, -0.15) is 0 Å². The topological polar surface area (TPSA) is 73.3 Å². The van der Waals surface area contributed by atoms with E-state index in [0.717, 1.165) is 16.5 Å². The molecule has 0 aliphatic carbocycles. The summed E-state index contributed by atoms with van der Waals surface area (Å²) >= 11 is 1.35. The highest BCUT2D eigenvalue weighted by atomic mass is 32.1. The highest BCUT2D eigenvalue weighted by Crippen LogP contribution is 2.35. The number of ether oxygens (including phenoxy) is 2. The van der Waals surface area contributed by atoms with Crippen LogP contribution in [0.2, 0.25) is 0 Å². The highest BCUT2D eigenvalue weighted by Gasteiger charge is 2.15. The summed E-state index contributed by atoms with van der Waals surface area (Å²) in [4.78, 5) is 21.6. The van der Waals surface area contributed by atoms with Crippen molar-refractivity contribution in [1.82, 2.24) is 9.97 Å². The maximum Gasteiger partial charge on any atom is 0.258 e. The number of amides is 1. The lowest BCUT2D eigenvalue weighted by Gasteiger charge is -2.08. The lowest BCUT2D eigenvalue weighted by atomic mass is 10.1. The van der Waals surface area contributed by atoms with E-state index in [1.165, 1.54) is 11.3 Å². The van der Waals surface area contributed by atoms with Crippen molar-refractivity contribution in [3.63, 3.8) is 0 Å². The fourth-order valence-electron chi connectivity index (χ4n) is 2.93. The molecule has 0 aliphatic heterocycles. The monoisotopic (exact) mass is 391 g/mol. The van der Waals surface area contributed by atoms with E-state index in [-0.39, 0.29) is 5.91 Å². The zero-order chi connectivity index (χ0) is 19.5. The molecular weight excluding hydrogens is 374 g/mol. The summed E-state index contributed by atoms with van der Waals surface area (Å²) in [5.74, 6) is 1.17. The average molecular weight is 391 g/mol. The second kappa shape index (κ2) is 7.66. The number of thiazole rings is 1. The van der Waals surface area contributed by atoms with Gasteiger partial charge in [-0.25, -0.2) is 4.98 Å². The molecular formula is C21H17N3O3S. The number of pyridine rings is 1. The van der Waals surface area contributed by atoms with Crippen LogP contribution in [0.15, 0.2) is 60.1 Å². The SMILES string of the molecule is COc1ccc(OC)c(-c2csc(NC(=O)c3cccc4ncccc34)n2)c1. The molecule has 2 heterocycles. The van der Waals surface area contributed by atoms with Gasteiger partial charge in [0.25, 0.3) is 5.91 Å². The standard InChI is InChI=1S/C21H17N3O3S/c1-26-13-8-9-19(27-2)16(11-13)18-12-28-21(23-18)24-20(25)15-5-3-7-17-14(15)6-4-10-22-17/h3-12H,1-2H3,(H,23,24,25). The van der Waals surface area contributed by atoms with Gasteiger partial charge in [0.2, 0.25) is 0 Å². The number of hydrogen-bond donors (Lipinski definition) is 1. The van der Waals surface area contributed by atoms with Crippen LogP contribution < -0.4 is 14.8 Å². The lowest BCUT2D eigenvalue weighted by Crippen LogP contribution is -2.12. The maximum absolute atomic E-state index is 12.8. The minimum atomic E-state index is -0.225. The number of methoxy groups -OCH3 is 2. The molecule has 1 amide bonds. The Labute approximate surface area is 165 Å². The summed E-state index contributed by atoms with van der Waals surface area (Å²) < 4.78 is 10.7. The molecule has 0 saturated carbocycles. The number of rotatable bonds is 5. The van der Waals surface area contributed by atoms with Crippen LogP contribution in [-0.4, -0.2) is 30.1 Å². The van der Waals surface area contributed by atoms with Gasteiger partial charge >= 0.3 is 0 Å². The summed E-state index contributed by atoms with van der Waals surface area (Å²) in [7, 11) is 3.21. The molecule has 28 heavy (non-hydrogen) atoms. The van der Waals surface area contributed by atoms with Crippen molar-refractivity contribution in [1.29, 1.82) is 0 Å².